The van der Waals surface area contributed by atoms with Crippen molar-refractivity contribution in [1.29, 1.82) is 0 Å². The molecule has 112 valence electrons. The van der Waals surface area contributed by atoms with E-state index in [0.29, 0.717) is 29.1 Å². The second-order valence-corrected chi connectivity index (χ2v) is 5.12. The van der Waals surface area contributed by atoms with Crippen molar-refractivity contribution in [3.8, 4) is 28.7 Å². The molecule has 22 heavy (non-hydrogen) atoms. The van der Waals surface area contributed by atoms with Gasteiger partial charge in [0.2, 0.25) is 5.76 Å². The SMILES string of the molecule is COc1cccc(-c2cc(-c3nc(C4CNC4)no3)on2)c1. The predicted octanol–water partition coefficient (Wildman–Crippen LogP) is 2.09. The fraction of sp³-hybridized carbons (Fsp3) is 0.267. The van der Waals surface area contributed by atoms with E-state index in [0.717, 1.165) is 24.4 Å². The van der Waals surface area contributed by atoms with Crippen LogP contribution >= 0.6 is 0 Å². The highest BCUT2D eigenvalue weighted by Gasteiger charge is 2.25. The molecular formula is C15H14N4O3. The van der Waals surface area contributed by atoms with Crippen molar-refractivity contribution in [3.63, 3.8) is 0 Å². The number of rotatable bonds is 4. The van der Waals surface area contributed by atoms with Crippen molar-refractivity contribution in [2.24, 2.45) is 0 Å². The van der Waals surface area contributed by atoms with Gasteiger partial charge in [0.05, 0.1) is 7.11 Å². The van der Waals surface area contributed by atoms with Gasteiger partial charge in [-0.15, -0.1) is 0 Å². The zero-order valence-corrected chi connectivity index (χ0v) is 11.9. The van der Waals surface area contributed by atoms with Crippen LogP contribution in [-0.2, 0) is 0 Å². The van der Waals surface area contributed by atoms with Crippen LogP contribution < -0.4 is 10.1 Å². The molecular weight excluding hydrogens is 284 g/mol. The van der Waals surface area contributed by atoms with Crippen molar-refractivity contribution in [2.45, 2.75) is 5.92 Å². The second kappa shape index (κ2) is 5.27. The first-order valence-corrected chi connectivity index (χ1v) is 6.99. The van der Waals surface area contributed by atoms with E-state index >= 15 is 0 Å². The lowest BCUT2D eigenvalue weighted by atomic mass is 10.0. The molecule has 2 aromatic heterocycles. The maximum absolute atomic E-state index is 5.32. The summed E-state index contributed by atoms with van der Waals surface area (Å²) in [6.45, 7) is 1.76. The molecule has 1 aromatic carbocycles. The van der Waals surface area contributed by atoms with E-state index in [1.807, 2.05) is 24.3 Å². The van der Waals surface area contributed by atoms with Crippen LogP contribution in [0.1, 0.15) is 11.7 Å². The quantitative estimate of drug-likeness (QED) is 0.789. The van der Waals surface area contributed by atoms with E-state index in [4.69, 9.17) is 13.8 Å². The van der Waals surface area contributed by atoms with Gasteiger partial charge in [-0.3, -0.25) is 0 Å². The van der Waals surface area contributed by atoms with Gasteiger partial charge in [0.15, 0.2) is 5.82 Å². The molecule has 0 atom stereocenters. The van der Waals surface area contributed by atoms with E-state index < -0.39 is 0 Å². The van der Waals surface area contributed by atoms with E-state index in [-0.39, 0.29) is 0 Å². The third-order valence-corrected chi connectivity index (χ3v) is 3.67. The Kier molecular flexibility index (Phi) is 3.12. The first-order chi connectivity index (χ1) is 10.8. The molecule has 1 aliphatic rings. The lowest BCUT2D eigenvalue weighted by Crippen LogP contribution is -2.40. The molecule has 0 aliphatic carbocycles. The number of benzene rings is 1. The maximum atomic E-state index is 5.32. The summed E-state index contributed by atoms with van der Waals surface area (Å²) in [7, 11) is 1.63. The van der Waals surface area contributed by atoms with Gasteiger partial charge in [-0.2, -0.15) is 4.98 Å². The molecule has 0 saturated carbocycles. The third-order valence-electron chi connectivity index (χ3n) is 3.67. The fourth-order valence-corrected chi connectivity index (χ4v) is 2.27. The van der Waals surface area contributed by atoms with Gasteiger partial charge in [0.1, 0.15) is 11.4 Å². The van der Waals surface area contributed by atoms with Crippen LogP contribution in [0.15, 0.2) is 39.4 Å². The molecule has 1 aliphatic heterocycles. The van der Waals surface area contributed by atoms with Crippen molar-refractivity contribution in [2.75, 3.05) is 20.2 Å². The largest absolute Gasteiger partial charge is 0.497 e. The zero-order valence-electron chi connectivity index (χ0n) is 11.9. The molecule has 1 saturated heterocycles. The van der Waals surface area contributed by atoms with E-state index in [9.17, 15) is 0 Å². The molecule has 0 bridgehead atoms. The number of aromatic nitrogens is 3. The van der Waals surface area contributed by atoms with Gasteiger partial charge < -0.3 is 19.1 Å². The smallest absolute Gasteiger partial charge is 0.296 e. The molecule has 0 radical (unpaired) electrons. The standard InChI is InChI=1S/C15H14N4O3/c1-20-11-4-2-3-9(5-11)12-6-13(21-18-12)15-17-14(19-22-15)10-7-16-8-10/h2-6,10,16H,7-8H2,1H3. The maximum Gasteiger partial charge on any atom is 0.296 e. The Bertz CT molecular complexity index is 791. The van der Waals surface area contributed by atoms with Crippen molar-refractivity contribution in [1.82, 2.24) is 20.6 Å². The van der Waals surface area contributed by atoms with Gasteiger partial charge in [0.25, 0.3) is 5.89 Å². The molecule has 0 spiro atoms. The average molecular weight is 298 g/mol. The van der Waals surface area contributed by atoms with Gasteiger partial charge in [-0.05, 0) is 12.1 Å². The summed E-state index contributed by atoms with van der Waals surface area (Å²) in [5.41, 5.74) is 1.59. The van der Waals surface area contributed by atoms with Crippen LogP contribution in [-0.4, -0.2) is 35.5 Å². The normalized spacial score (nSPS) is 14.8. The van der Waals surface area contributed by atoms with Crippen LogP contribution in [0.25, 0.3) is 22.9 Å². The number of hydrogen-bond acceptors (Lipinski definition) is 7. The molecule has 3 heterocycles. The van der Waals surface area contributed by atoms with Crippen LogP contribution in [0.5, 0.6) is 5.75 Å². The molecule has 1 fully saturated rings. The minimum Gasteiger partial charge on any atom is -0.497 e. The monoisotopic (exact) mass is 298 g/mol. The summed E-state index contributed by atoms with van der Waals surface area (Å²) in [6, 6.07) is 9.38. The van der Waals surface area contributed by atoms with Crippen LogP contribution in [0.3, 0.4) is 0 Å². The van der Waals surface area contributed by atoms with Crippen molar-refractivity contribution < 1.29 is 13.8 Å². The Balaban J connectivity index is 1.61. The van der Waals surface area contributed by atoms with Gasteiger partial charge in [-0.25, -0.2) is 0 Å². The molecule has 0 amide bonds. The van der Waals surface area contributed by atoms with Crippen LogP contribution in [0.2, 0.25) is 0 Å². The lowest BCUT2D eigenvalue weighted by Gasteiger charge is -2.23. The van der Waals surface area contributed by atoms with E-state index in [1.165, 1.54) is 0 Å². The first kappa shape index (κ1) is 13.0. The number of hydrogen-bond donors (Lipinski definition) is 1. The summed E-state index contributed by atoms with van der Waals surface area (Å²) in [5.74, 6) is 2.60. The molecule has 0 unspecified atom stereocenters. The van der Waals surface area contributed by atoms with E-state index in [2.05, 4.69) is 20.6 Å². The Labute approximate surface area is 126 Å². The summed E-state index contributed by atoms with van der Waals surface area (Å²) in [5, 5.41) is 11.2. The summed E-state index contributed by atoms with van der Waals surface area (Å²) < 4.78 is 15.8. The highest BCUT2D eigenvalue weighted by molar-refractivity contribution is 5.64. The zero-order chi connectivity index (χ0) is 14.9. The second-order valence-electron chi connectivity index (χ2n) is 5.12. The number of methoxy groups -OCH3 is 1. The highest BCUT2D eigenvalue weighted by Crippen LogP contribution is 2.28. The van der Waals surface area contributed by atoms with Gasteiger partial charge in [0, 0.05) is 30.6 Å². The topological polar surface area (TPSA) is 86.2 Å². The Morgan fingerprint density at radius 1 is 1.18 bits per heavy atom. The van der Waals surface area contributed by atoms with Crippen molar-refractivity contribution >= 4 is 0 Å². The molecule has 1 N–H and O–H groups in total. The van der Waals surface area contributed by atoms with Gasteiger partial charge >= 0.3 is 0 Å². The molecule has 3 aromatic rings. The number of nitrogens with zero attached hydrogens (tertiary/aromatic N) is 3. The number of ether oxygens (including phenoxy) is 1. The lowest BCUT2D eigenvalue weighted by molar-refractivity contribution is 0.367. The third kappa shape index (κ3) is 2.25. The summed E-state index contributed by atoms with van der Waals surface area (Å²) in [4.78, 5) is 4.37. The minimum absolute atomic E-state index is 0.318. The summed E-state index contributed by atoms with van der Waals surface area (Å²) in [6.07, 6.45) is 0. The van der Waals surface area contributed by atoms with Gasteiger partial charge in [-0.1, -0.05) is 22.4 Å². The van der Waals surface area contributed by atoms with Crippen LogP contribution in [0.4, 0.5) is 0 Å². The molecule has 7 nitrogen and oxygen atoms in total. The average Bonchev–Trinajstić information content (AvgIpc) is 3.14. The number of nitrogens with one attached hydrogen (secondary N) is 1. The first-order valence-electron chi connectivity index (χ1n) is 6.99. The predicted molar refractivity (Wildman–Crippen MR) is 77.4 cm³/mol. The van der Waals surface area contributed by atoms with E-state index in [1.54, 1.807) is 13.2 Å². The fourth-order valence-electron chi connectivity index (χ4n) is 2.27. The Hall–Kier alpha value is -2.67. The van der Waals surface area contributed by atoms with Crippen LogP contribution in [0, 0.1) is 0 Å². The Morgan fingerprint density at radius 2 is 2.09 bits per heavy atom. The highest BCUT2D eigenvalue weighted by atomic mass is 16.5. The molecule has 7 heteroatoms. The Morgan fingerprint density at radius 3 is 2.86 bits per heavy atom. The molecule has 4 rings (SSSR count). The summed E-state index contributed by atoms with van der Waals surface area (Å²) >= 11 is 0. The minimum atomic E-state index is 0.318. The van der Waals surface area contributed by atoms with Crippen molar-refractivity contribution in [3.05, 3.63) is 36.2 Å².